The van der Waals surface area contributed by atoms with Crippen molar-refractivity contribution in [3.05, 3.63) is 41.4 Å². The van der Waals surface area contributed by atoms with E-state index in [2.05, 4.69) is 20.8 Å². The van der Waals surface area contributed by atoms with E-state index in [-0.39, 0.29) is 11.6 Å². The van der Waals surface area contributed by atoms with E-state index in [0.29, 0.717) is 23.7 Å². The lowest BCUT2D eigenvalue weighted by molar-refractivity contribution is 0.0953. The van der Waals surface area contributed by atoms with E-state index in [1.807, 2.05) is 6.92 Å². The number of nitrogens with one attached hydrogen (secondary N) is 2. The molecule has 2 aromatic rings. The number of carbonyl (C=O) groups is 2. The second kappa shape index (κ2) is 7.35. The predicted molar refractivity (Wildman–Crippen MR) is 80.7 cm³/mol. The molecule has 7 heteroatoms. The van der Waals surface area contributed by atoms with Gasteiger partial charge < -0.3 is 15.2 Å². The molecule has 0 bridgehead atoms. The van der Waals surface area contributed by atoms with Crippen molar-refractivity contribution >= 4 is 17.6 Å². The summed E-state index contributed by atoms with van der Waals surface area (Å²) in [4.78, 5) is 28.0. The van der Waals surface area contributed by atoms with Crippen molar-refractivity contribution in [1.29, 1.82) is 0 Å². The van der Waals surface area contributed by atoms with E-state index < -0.39 is 5.91 Å². The molecule has 2 aromatic heterocycles. The summed E-state index contributed by atoms with van der Waals surface area (Å²) in [6, 6.07) is 4.61. The van der Waals surface area contributed by atoms with Crippen molar-refractivity contribution < 1.29 is 14.1 Å². The zero-order valence-corrected chi connectivity index (χ0v) is 12.5. The molecule has 0 spiro atoms. The van der Waals surface area contributed by atoms with E-state index in [1.165, 1.54) is 12.3 Å². The molecule has 0 fully saturated rings. The Morgan fingerprint density at radius 1 is 1.27 bits per heavy atom. The normalized spacial score (nSPS) is 10.3. The first-order valence-electron chi connectivity index (χ1n) is 7.09. The molecule has 0 saturated heterocycles. The van der Waals surface area contributed by atoms with Crippen LogP contribution in [0.25, 0.3) is 0 Å². The maximum atomic E-state index is 12.1. The molecule has 0 radical (unpaired) electrons. The van der Waals surface area contributed by atoms with Crippen LogP contribution in [-0.2, 0) is 0 Å². The number of aryl methyl sites for hydroxylation is 1. The maximum absolute atomic E-state index is 12.1. The fourth-order valence-electron chi connectivity index (χ4n) is 1.78. The third kappa shape index (κ3) is 4.15. The smallest absolute Gasteiger partial charge is 0.275 e. The molecular weight excluding hydrogens is 284 g/mol. The largest absolute Gasteiger partial charge is 0.360 e. The number of anilines is 1. The van der Waals surface area contributed by atoms with E-state index in [4.69, 9.17) is 4.52 Å². The Hall–Kier alpha value is -2.70. The lowest BCUT2D eigenvalue weighted by Crippen LogP contribution is -2.25. The number of carbonyl (C=O) groups excluding carboxylic acids is 2. The van der Waals surface area contributed by atoms with Gasteiger partial charge in [0, 0.05) is 24.4 Å². The minimum Gasteiger partial charge on any atom is -0.360 e. The van der Waals surface area contributed by atoms with Crippen LogP contribution in [-0.4, -0.2) is 28.5 Å². The standard InChI is InChI=1S/C15H18N4O3/c1-3-4-6-17-14(20)11-5-7-16-12(9-11)15(21)18-13-8-10(2)22-19-13/h5,7-9H,3-4,6H2,1-2H3,(H,17,20)(H,18,19,21). The number of pyridine rings is 1. The number of unbranched alkanes of at least 4 members (excludes halogenated alkanes) is 1. The molecule has 2 amide bonds. The first-order chi connectivity index (χ1) is 10.6. The molecule has 116 valence electrons. The maximum Gasteiger partial charge on any atom is 0.275 e. The fourth-order valence-corrected chi connectivity index (χ4v) is 1.78. The van der Waals surface area contributed by atoms with E-state index in [0.717, 1.165) is 12.8 Å². The van der Waals surface area contributed by atoms with Crippen LogP contribution in [0.2, 0.25) is 0 Å². The number of amides is 2. The molecule has 22 heavy (non-hydrogen) atoms. The minimum absolute atomic E-state index is 0.142. The van der Waals surface area contributed by atoms with Gasteiger partial charge in [0.15, 0.2) is 5.82 Å². The zero-order chi connectivity index (χ0) is 15.9. The zero-order valence-electron chi connectivity index (χ0n) is 12.5. The van der Waals surface area contributed by atoms with Crippen molar-refractivity contribution in [3.63, 3.8) is 0 Å². The van der Waals surface area contributed by atoms with Crippen LogP contribution in [0.1, 0.15) is 46.4 Å². The van der Waals surface area contributed by atoms with Crippen LogP contribution >= 0.6 is 0 Å². The second-order valence-electron chi connectivity index (χ2n) is 4.82. The van der Waals surface area contributed by atoms with Gasteiger partial charge >= 0.3 is 0 Å². The SMILES string of the molecule is CCCCNC(=O)c1ccnc(C(=O)Nc2cc(C)on2)c1. The molecule has 0 aliphatic rings. The van der Waals surface area contributed by atoms with Gasteiger partial charge in [-0.2, -0.15) is 0 Å². The number of rotatable bonds is 6. The lowest BCUT2D eigenvalue weighted by Gasteiger charge is -2.05. The van der Waals surface area contributed by atoms with Gasteiger partial charge in [0.1, 0.15) is 11.5 Å². The van der Waals surface area contributed by atoms with Crippen LogP contribution in [0.5, 0.6) is 0 Å². The Balaban J connectivity index is 2.04. The van der Waals surface area contributed by atoms with E-state index >= 15 is 0 Å². The third-order valence-corrected chi connectivity index (χ3v) is 2.94. The summed E-state index contributed by atoms with van der Waals surface area (Å²) in [5, 5.41) is 9.03. The Kier molecular flexibility index (Phi) is 5.24. The number of nitrogens with zero attached hydrogens (tertiary/aromatic N) is 2. The summed E-state index contributed by atoms with van der Waals surface area (Å²) < 4.78 is 4.87. The van der Waals surface area contributed by atoms with Crippen molar-refractivity contribution in [2.75, 3.05) is 11.9 Å². The first-order valence-corrected chi connectivity index (χ1v) is 7.09. The van der Waals surface area contributed by atoms with E-state index in [9.17, 15) is 9.59 Å². The van der Waals surface area contributed by atoms with Gasteiger partial charge in [-0.15, -0.1) is 0 Å². The Morgan fingerprint density at radius 2 is 2.09 bits per heavy atom. The molecule has 0 aliphatic heterocycles. The highest BCUT2D eigenvalue weighted by molar-refractivity contribution is 6.04. The summed E-state index contributed by atoms with van der Waals surface area (Å²) >= 11 is 0. The highest BCUT2D eigenvalue weighted by Gasteiger charge is 2.13. The highest BCUT2D eigenvalue weighted by atomic mass is 16.5. The molecule has 2 N–H and O–H groups in total. The summed E-state index contributed by atoms with van der Waals surface area (Å²) in [6.45, 7) is 4.38. The molecule has 0 aliphatic carbocycles. The fraction of sp³-hybridized carbons (Fsp3) is 0.333. The average molecular weight is 302 g/mol. The third-order valence-electron chi connectivity index (χ3n) is 2.94. The average Bonchev–Trinajstić information content (AvgIpc) is 2.92. The lowest BCUT2D eigenvalue weighted by atomic mass is 10.2. The second-order valence-corrected chi connectivity index (χ2v) is 4.82. The molecule has 0 saturated carbocycles. The summed E-state index contributed by atoms with van der Waals surface area (Å²) in [5.74, 6) is 0.230. The molecule has 0 unspecified atom stereocenters. The van der Waals surface area contributed by atoms with Gasteiger partial charge in [-0.3, -0.25) is 14.6 Å². The van der Waals surface area contributed by atoms with E-state index in [1.54, 1.807) is 19.1 Å². The van der Waals surface area contributed by atoms with Crippen LogP contribution in [0, 0.1) is 6.92 Å². The quantitative estimate of drug-likeness (QED) is 0.797. The monoisotopic (exact) mass is 302 g/mol. The van der Waals surface area contributed by atoms with Crippen LogP contribution < -0.4 is 10.6 Å². The number of hydrogen-bond acceptors (Lipinski definition) is 5. The molecule has 2 heterocycles. The topological polar surface area (TPSA) is 97.1 Å². The number of aromatic nitrogens is 2. The highest BCUT2D eigenvalue weighted by Crippen LogP contribution is 2.09. The summed E-state index contributed by atoms with van der Waals surface area (Å²) in [7, 11) is 0. The van der Waals surface area contributed by atoms with Crippen molar-refractivity contribution in [2.24, 2.45) is 0 Å². The van der Waals surface area contributed by atoms with Gasteiger partial charge in [-0.05, 0) is 25.5 Å². The summed E-state index contributed by atoms with van der Waals surface area (Å²) in [5.41, 5.74) is 0.538. The Bertz CT molecular complexity index is 666. The first kappa shape index (κ1) is 15.7. The van der Waals surface area contributed by atoms with Crippen LogP contribution in [0.3, 0.4) is 0 Å². The Morgan fingerprint density at radius 3 is 2.77 bits per heavy atom. The molecule has 0 atom stereocenters. The molecular formula is C15H18N4O3. The van der Waals surface area contributed by atoms with Crippen LogP contribution in [0.15, 0.2) is 28.9 Å². The van der Waals surface area contributed by atoms with Crippen LogP contribution in [0.4, 0.5) is 5.82 Å². The van der Waals surface area contributed by atoms with Gasteiger partial charge in [0.05, 0.1) is 0 Å². The van der Waals surface area contributed by atoms with Gasteiger partial charge in [-0.25, -0.2) is 0 Å². The molecule has 0 aromatic carbocycles. The summed E-state index contributed by atoms with van der Waals surface area (Å²) in [6.07, 6.45) is 3.34. The predicted octanol–water partition coefficient (Wildman–Crippen LogP) is 2.16. The van der Waals surface area contributed by atoms with Crippen molar-refractivity contribution in [1.82, 2.24) is 15.5 Å². The van der Waals surface area contributed by atoms with Gasteiger partial charge in [-0.1, -0.05) is 18.5 Å². The molecule has 7 nitrogen and oxygen atoms in total. The Labute approximate surface area is 128 Å². The van der Waals surface area contributed by atoms with Gasteiger partial charge in [0.25, 0.3) is 11.8 Å². The minimum atomic E-state index is -0.448. The van der Waals surface area contributed by atoms with Crippen molar-refractivity contribution in [2.45, 2.75) is 26.7 Å². The molecule has 2 rings (SSSR count). The van der Waals surface area contributed by atoms with Gasteiger partial charge in [0.2, 0.25) is 0 Å². The van der Waals surface area contributed by atoms with Crippen molar-refractivity contribution in [3.8, 4) is 0 Å². The number of hydrogen-bond donors (Lipinski definition) is 2.